The van der Waals surface area contributed by atoms with E-state index in [1.807, 2.05) is 18.2 Å². The van der Waals surface area contributed by atoms with Gasteiger partial charge in [0.25, 0.3) is 0 Å². The summed E-state index contributed by atoms with van der Waals surface area (Å²) < 4.78 is 11.6. The largest absolute Gasteiger partial charge is 0.493 e. The van der Waals surface area contributed by atoms with Crippen molar-refractivity contribution in [1.82, 2.24) is 0 Å². The summed E-state index contributed by atoms with van der Waals surface area (Å²) in [6.45, 7) is 3.14. The van der Waals surface area contributed by atoms with Crippen molar-refractivity contribution >= 4 is 15.9 Å². The van der Waals surface area contributed by atoms with Crippen molar-refractivity contribution in [2.75, 3.05) is 20.3 Å². The lowest BCUT2D eigenvalue weighted by Crippen LogP contribution is -2.03. The molecule has 0 saturated carbocycles. The van der Waals surface area contributed by atoms with Gasteiger partial charge in [-0.2, -0.15) is 0 Å². The number of aliphatic hydroxyl groups excluding tert-OH is 1. The van der Waals surface area contributed by atoms with Crippen LogP contribution in [-0.4, -0.2) is 25.4 Å². The van der Waals surface area contributed by atoms with Gasteiger partial charge >= 0.3 is 0 Å². The van der Waals surface area contributed by atoms with Gasteiger partial charge in [-0.3, -0.25) is 0 Å². The zero-order valence-corrected chi connectivity index (χ0v) is 11.9. The molecule has 4 heteroatoms. The molecule has 0 aliphatic carbocycles. The number of rotatable bonds is 7. The molecule has 0 spiro atoms. The molecule has 0 amide bonds. The molecule has 3 nitrogen and oxygen atoms in total. The van der Waals surface area contributed by atoms with Crippen LogP contribution in [-0.2, 0) is 4.74 Å². The molecule has 17 heavy (non-hydrogen) atoms. The van der Waals surface area contributed by atoms with Gasteiger partial charge in [0.2, 0.25) is 0 Å². The third kappa shape index (κ3) is 5.06. The van der Waals surface area contributed by atoms with E-state index in [1.54, 1.807) is 14.0 Å². The summed E-state index contributed by atoms with van der Waals surface area (Å²) >= 11 is 3.38. The molecule has 0 aliphatic rings. The van der Waals surface area contributed by atoms with Crippen molar-refractivity contribution in [3.05, 3.63) is 28.2 Å². The van der Waals surface area contributed by atoms with E-state index in [-0.39, 0.29) is 0 Å². The van der Waals surface area contributed by atoms with Crippen LogP contribution in [0.3, 0.4) is 0 Å². The average molecular weight is 303 g/mol. The van der Waals surface area contributed by atoms with Crippen molar-refractivity contribution < 1.29 is 14.6 Å². The fraction of sp³-hybridized carbons (Fsp3) is 0.538. The van der Waals surface area contributed by atoms with Crippen LogP contribution in [0.2, 0.25) is 0 Å². The Kier molecular flexibility index (Phi) is 6.55. The van der Waals surface area contributed by atoms with Crippen LogP contribution in [0.4, 0.5) is 0 Å². The van der Waals surface area contributed by atoms with Gasteiger partial charge in [-0.05, 0) is 38.0 Å². The average Bonchev–Trinajstić information content (AvgIpc) is 2.30. The molecule has 0 saturated heterocycles. The summed E-state index contributed by atoms with van der Waals surface area (Å²) in [5.41, 5.74) is 0.811. The molecular weight excluding hydrogens is 284 g/mol. The maximum Gasteiger partial charge on any atom is 0.125 e. The second-order valence-corrected chi connectivity index (χ2v) is 4.82. The van der Waals surface area contributed by atoms with Crippen LogP contribution in [0.5, 0.6) is 5.75 Å². The number of hydrogen-bond donors (Lipinski definition) is 1. The minimum Gasteiger partial charge on any atom is -0.493 e. The molecule has 0 aliphatic heterocycles. The van der Waals surface area contributed by atoms with Gasteiger partial charge in [-0.15, -0.1) is 0 Å². The molecule has 0 aromatic heterocycles. The fourth-order valence-corrected chi connectivity index (χ4v) is 1.89. The van der Waals surface area contributed by atoms with Crippen LogP contribution in [0.1, 0.15) is 31.4 Å². The third-order valence-corrected chi connectivity index (χ3v) is 2.92. The van der Waals surface area contributed by atoms with Crippen LogP contribution in [0, 0.1) is 0 Å². The van der Waals surface area contributed by atoms with E-state index >= 15 is 0 Å². The van der Waals surface area contributed by atoms with Gasteiger partial charge < -0.3 is 14.6 Å². The Hall–Kier alpha value is -0.580. The Balaban J connectivity index is 2.52. The molecule has 1 rings (SSSR count). The minimum atomic E-state index is -0.526. The Morgan fingerprint density at radius 1 is 1.29 bits per heavy atom. The Bertz CT molecular complexity index is 339. The molecule has 1 aromatic carbocycles. The Morgan fingerprint density at radius 3 is 2.65 bits per heavy atom. The summed E-state index contributed by atoms with van der Waals surface area (Å²) in [5, 5.41) is 9.65. The van der Waals surface area contributed by atoms with Crippen molar-refractivity contribution in [2.24, 2.45) is 0 Å². The topological polar surface area (TPSA) is 38.7 Å². The van der Waals surface area contributed by atoms with Crippen LogP contribution in [0.25, 0.3) is 0 Å². The predicted octanol–water partition coefficient (Wildman–Crippen LogP) is 3.31. The van der Waals surface area contributed by atoms with Gasteiger partial charge in [-0.1, -0.05) is 15.9 Å². The summed E-state index contributed by atoms with van der Waals surface area (Å²) in [7, 11) is 1.70. The van der Waals surface area contributed by atoms with E-state index in [9.17, 15) is 5.11 Å². The number of unbranched alkanes of at least 4 members (excludes halogenated alkanes) is 1. The molecule has 1 unspecified atom stereocenters. The van der Waals surface area contributed by atoms with Crippen LogP contribution >= 0.6 is 15.9 Å². The lowest BCUT2D eigenvalue weighted by Gasteiger charge is -2.13. The highest BCUT2D eigenvalue weighted by Gasteiger charge is 2.09. The number of methoxy groups -OCH3 is 1. The number of benzene rings is 1. The molecule has 0 fully saturated rings. The van der Waals surface area contributed by atoms with Crippen LogP contribution < -0.4 is 4.74 Å². The quantitative estimate of drug-likeness (QED) is 0.785. The molecule has 1 aromatic rings. The van der Waals surface area contributed by atoms with E-state index < -0.39 is 6.10 Å². The lowest BCUT2D eigenvalue weighted by molar-refractivity contribution is 0.178. The first-order valence-corrected chi connectivity index (χ1v) is 6.53. The molecular formula is C13H19BrO3. The third-order valence-electron chi connectivity index (χ3n) is 2.42. The Labute approximate surface area is 111 Å². The highest BCUT2D eigenvalue weighted by molar-refractivity contribution is 9.10. The number of ether oxygens (including phenoxy) is 2. The van der Waals surface area contributed by atoms with E-state index in [2.05, 4.69) is 15.9 Å². The first-order chi connectivity index (χ1) is 8.15. The van der Waals surface area contributed by atoms with Crippen molar-refractivity contribution in [3.8, 4) is 5.75 Å². The monoisotopic (exact) mass is 302 g/mol. The predicted molar refractivity (Wildman–Crippen MR) is 71.4 cm³/mol. The first kappa shape index (κ1) is 14.5. The zero-order chi connectivity index (χ0) is 12.7. The van der Waals surface area contributed by atoms with Gasteiger partial charge in [-0.25, -0.2) is 0 Å². The maximum atomic E-state index is 9.65. The molecule has 1 atom stereocenters. The molecule has 96 valence electrons. The highest BCUT2D eigenvalue weighted by Crippen LogP contribution is 2.28. The lowest BCUT2D eigenvalue weighted by atomic mass is 10.1. The van der Waals surface area contributed by atoms with Crippen LogP contribution in [0.15, 0.2) is 22.7 Å². The SMILES string of the molecule is COCCCCOc1ccc(Br)cc1C(C)O. The number of hydrogen-bond acceptors (Lipinski definition) is 3. The van der Waals surface area contributed by atoms with Crippen molar-refractivity contribution in [2.45, 2.75) is 25.9 Å². The minimum absolute atomic E-state index is 0.526. The smallest absolute Gasteiger partial charge is 0.125 e. The van der Waals surface area contributed by atoms with E-state index in [0.29, 0.717) is 6.61 Å². The van der Waals surface area contributed by atoms with Gasteiger partial charge in [0.1, 0.15) is 5.75 Å². The molecule has 0 bridgehead atoms. The second kappa shape index (κ2) is 7.69. The highest BCUT2D eigenvalue weighted by atomic mass is 79.9. The summed E-state index contributed by atoms with van der Waals surface area (Å²) in [6, 6.07) is 5.67. The number of halogens is 1. The molecule has 1 N–H and O–H groups in total. The maximum absolute atomic E-state index is 9.65. The first-order valence-electron chi connectivity index (χ1n) is 5.74. The van der Waals surface area contributed by atoms with Gasteiger partial charge in [0.15, 0.2) is 0 Å². The summed E-state index contributed by atoms with van der Waals surface area (Å²) in [5.74, 6) is 0.751. The Morgan fingerprint density at radius 2 is 2.00 bits per heavy atom. The standard InChI is InChI=1S/C13H19BrO3/c1-10(15)12-9-11(14)5-6-13(12)17-8-4-3-7-16-2/h5-6,9-10,15H,3-4,7-8H2,1-2H3. The van der Waals surface area contributed by atoms with Crippen molar-refractivity contribution in [3.63, 3.8) is 0 Å². The number of aliphatic hydroxyl groups is 1. The second-order valence-electron chi connectivity index (χ2n) is 3.91. The van der Waals surface area contributed by atoms with Crippen molar-refractivity contribution in [1.29, 1.82) is 0 Å². The summed E-state index contributed by atoms with van der Waals surface area (Å²) in [6.07, 6.45) is 1.40. The van der Waals surface area contributed by atoms with E-state index in [1.165, 1.54) is 0 Å². The summed E-state index contributed by atoms with van der Waals surface area (Å²) in [4.78, 5) is 0. The normalized spacial score (nSPS) is 12.5. The molecule has 0 radical (unpaired) electrons. The van der Waals surface area contributed by atoms with E-state index in [0.717, 1.165) is 35.2 Å². The molecule has 0 heterocycles. The van der Waals surface area contributed by atoms with Gasteiger partial charge in [0.05, 0.1) is 12.7 Å². The van der Waals surface area contributed by atoms with Gasteiger partial charge in [0, 0.05) is 23.8 Å². The van der Waals surface area contributed by atoms with E-state index in [4.69, 9.17) is 9.47 Å². The fourth-order valence-electron chi connectivity index (χ4n) is 1.51. The zero-order valence-electron chi connectivity index (χ0n) is 10.3.